The maximum Gasteiger partial charge on any atom is 0.306 e. The van der Waals surface area contributed by atoms with Gasteiger partial charge in [-0.15, -0.1) is 0 Å². The van der Waals surface area contributed by atoms with Gasteiger partial charge in [0, 0.05) is 18.8 Å². The molecule has 1 saturated carbocycles. The minimum atomic E-state index is -3.42. The van der Waals surface area contributed by atoms with Gasteiger partial charge in [-0.2, -0.15) is 0 Å². The van der Waals surface area contributed by atoms with Crippen LogP contribution >= 0.6 is 0 Å². The molecule has 6 nitrogen and oxygen atoms in total. The van der Waals surface area contributed by atoms with Crippen LogP contribution in [0.1, 0.15) is 19.3 Å². The quantitative estimate of drug-likeness (QED) is 0.823. The van der Waals surface area contributed by atoms with Gasteiger partial charge >= 0.3 is 5.97 Å². The zero-order valence-corrected chi connectivity index (χ0v) is 13.7. The third kappa shape index (κ3) is 4.03. The van der Waals surface area contributed by atoms with E-state index in [2.05, 4.69) is 9.62 Å². The molecule has 1 aromatic rings. The van der Waals surface area contributed by atoms with Crippen LogP contribution in [-0.4, -0.2) is 49.3 Å². The van der Waals surface area contributed by atoms with Crippen LogP contribution in [0.4, 0.5) is 5.69 Å². The average molecular weight is 338 g/mol. The zero-order valence-electron chi connectivity index (χ0n) is 12.9. The van der Waals surface area contributed by atoms with Gasteiger partial charge in [0.1, 0.15) is 0 Å². The number of aliphatic carboxylic acids is 1. The van der Waals surface area contributed by atoms with Gasteiger partial charge < -0.3 is 10.0 Å². The van der Waals surface area contributed by atoms with Crippen molar-refractivity contribution in [2.45, 2.75) is 24.5 Å². The molecule has 0 radical (unpaired) electrons. The molecular formula is C16H22N2O4S. The van der Waals surface area contributed by atoms with Crippen LogP contribution in [0.5, 0.6) is 0 Å². The highest BCUT2D eigenvalue weighted by Gasteiger charge is 2.44. The molecule has 23 heavy (non-hydrogen) atoms. The fourth-order valence-corrected chi connectivity index (χ4v) is 4.78. The molecule has 1 aromatic carbocycles. The number of anilines is 1. The van der Waals surface area contributed by atoms with Gasteiger partial charge in [-0.1, -0.05) is 18.2 Å². The molecule has 1 aliphatic heterocycles. The second-order valence-electron chi connectivity index (χ2n) is 6.48. The van der Waals surface area contributed by atoms with Crippen LogP contribution in [0.2, 0.25) is 0 Å². The lowest BCUT2D eigenvalue weighted by molar-refractivity contribution is -0.138. The molecular weight excluding hydrogens is 316 g/mol. The van der Waals surface area contributed by atoms with Crippen molar-refractivity contribution < 1.29 is 18.3 Å². The fourth-order valence-electron chi connectivity index (χ4n) is 3.27. The van der Waals surface area contributed by atoms with Crippen LogP contribution in [0.25, 0.3) is 0 Å². The standard InChI is InChI=1S/C16H22N2O4S/c19-16(20)15-9-12(15)10-18-8-4-7-14(11-18)23(21,22)17-13-5-2-1-3-6-13/h1-3,5-6,12,14-15,17H,4,7-11H2,(H,19,20)/t12-,14?,15+/m0/s1. The lowest BCUT2D eigenvalue weighted by Crippen LogP contribution is -2.45. The highest BCUT2D eigenvalue weighted by atomic mass is 32.2. The largest absolute Gasteiger partial charge is 0.481 e. The number of hydrogen-bond acceptors (Lipinski definition) is 4. The summed E-state index contributed by atoms with van der Waals surface area (Å²) in [6.45, 7) is 2.01. The Kier molecular flexibility index (Phi) is 4.59. The van der Waals surface area contributed by atoms with E-state index in [-0.39, 0.29) is 11.8 Å². The smallest absolute Gasteiger partial charge is 0.306 e. The number of likely N-dealkylation sites (tertiary alicyclic amines) is 1. The number of rotatable bonds is 6. The molecule has 0 bridgehead atoms. The summed E-state index contributed by atoms with van der Waals surface area (Å²) in [6.07, 6.45) is 2.18. The molecule has 1 heterocycles. The number of benzene rings is 1. The summed E-state index contributed by atoms with van der Waals surface area (Å²) in [5.74, 6) is -0.799. The summed E-state index contributed by atoms with van der Waals surface area (Å²) >= 11 is 0. The molecule has 0 aromatic heterocycles. The number of nitrogens with zero attached hydrogens (tertiary/aromatic N) is 1. The zero-order chi connectivity index (χ0) is 16.4. The minimum Gasteiger partial charge on any atom is -0.481 e. The van der Waals surface area contributed by atoms with E-state index in [1.165, 1.54) is 0 Å². The Morgan fingerprint density at radius 3 is 2.70 bits per heavy atom. The first-order chi connectivity index (χ1) is 11.0. The van der Waals surface area contributed by atoms with Gasteiger partial charge in [-0.05, 0) is 43.9 Å². The third-order valence-electron chi connectivity index (χ3n) is 4.67. The van der Waals surface area contributed by atoms with E-state index in [0.717, 1.165) is 13.0 Å². The Labute approximate surface area is 136 Å². The maximum absolute atomic E-state index is 12.5. The second-order valence-corrected chi connectivity index (χ2v) is 8.44. The third-order valence-corrected chi connectivity index (χ3v) is 6.45. The summed E-state index contributed by atoms with van der Waals surface area (Å²) in [4.78, 5) is 13.0. The van der Waals surface area contributed by atoms with Crippen LogP contribution in [0, 0.1) is 11.8 Å². The van der Waals surface area contributed by atoms with E-state index in [1.54, 1.807) is 24.3 Å². The molecule has 0 spiro atoms. The van der Waals surface area contributed by atoms with Crippen molar-refractivity contribution in [3.05, 3.63) is 30.3 Å². The summed E-state index contributed by atoms with van der Waals surface area (Å²) < 4.78 is 27.7. The van der Waals surface area contributed by atoms with Crippen molar-refractivity contribution in [3.8, 4) is 0 Å². The van der Waals surface area contributed by atoms with Crippen LogP contribution in [-0.2, 0) is 14.8 Å². The predicted molar refractivity (Wildman–Crippen MR) is 87.7 cm³/mol. The molecule has 1 unspecified atom stereocenters. The summed E-state index contributed by atoms with van der Waals surface area (Å²) in [6, 6.07) is 8.91. The molecule has 3 rings (SSSR count). The number of hydrogen-bond donors (Lipinski definition) is 2. The van der Waals surface area contributed by atoms with Gasteiger partial charge in [-0.25, -0.2) is 8.42 Å². The molecule has 7 heteroatoms. The summed E-state index contributed by atoms with van der Waals surface area (Å²) in [5, 5.41) is 8.53. The van der Waals surface area contributed by atoms with Crippen LogP contribution in [0.3, 0.4) is 0 Å². The Morgan fingerprint density at radius 1 is 1.30 bits per heavy atom. The highest BCUT2D eigenvalue weighted by Crippen LogP contribution is 2.39. The second kappa shape index (κ2) is 6.49. The fraction of sp³-hybridized carbons (Fsp3) is 0.562. The number of carboxylic acids is 1. The Hall–Kier alpha value is -1.60. The topological polar surface area (TPSA) is 86.7 Å². The van der Waals surface area contributed by atoms with Gasteiger partial charge in [0.05, 0.1) is 11.2 Å². The van der Waals surface area contributed by atoms with E-state index < -0.39 is 21.2 Å². The minimum absolute atomic E-state index is 0.177. The van der Waals surface area contributed by atoms with E-state index in [0.29, 0.717) is 31.6 Å². The Balaban J connectivity index is 1.58. The summed E-state index contributed by atoms with van der Waals surface area (Å²) in [7, 11) is -3.42. The van der Waals surface area contributed by atoms with E-state index in [9.17, 15) is 13.2 Å². The SMILES string of the molecule is O=C(O)[C@@H]1C[C@H]1CN1CCCC(S(=O)(=O)Nc2ccccc2)C1. The van der Waals surface area contributed by atoms with Crippen molar-refractivity contribution in [1.82, 2.24) is 4.90 Å². The van der Waals surface area contributed by atoms with Crippen molar-refractivity contribution in [2.75, 3.05) is 24.4 Å². The molecule has 2 N–H and O–H groups in total. The molecule has 2 aliphatic rings. The molecule has 126 valence electrons. The van der Waals surface area contributed by atoms with E-state index in [4.69, 9.17) is 5.11 Å². The molecule has 2 fully saturated rings. The van der Waals surface area contributed by atoms with Gasteiger partial charge in [0.2, 0.25) is 10.0 Å². The average Bonchev–Trinajstić information content (AvgIpc) is 3.28. The number of nitrogens with one attached hydrogen (secondary N) is 1. The van der Waals surface area contributed by atoms with Crippen LogP contribution in [0.15, 0.2) is 30.3 Å². The number of para-hydroxylation sites is 1. The van der Waals surface area contributed by atoms with Crippen molar-refractivity contribution in [2.24, 2.45) is 11.8 Å². The normalized spacial score (nSPS) is 28.3. The number of carbonyl (C=O) groups is 1. The lowest BCUT2D eigenvalue weighted by atomic mass is 10.1. The van der Waals surface area contributed by atoms with Crippen molar-refractivity contribution >= 4 is 21.7 Å². The van der Waals surface area contributed by atoms with Crippen LogP contribution < -0.4 is 4.72 Å². The van der Waals surface area contributed by atoms with Gasteiger partial charge in [0.25, 0.3) is 0 Å². The van der Waals surface area contributed by atoms with E-state index >= 15 is 0 Å². The van der Waals surface area contributed by atoms with Gasteiger partial charge in [-0.3, -0.25) is 9.52 Å². The maximum atomic E-state index is 12.5. The van der Waals surface area contributed by atoms with Gasteiger partial charge in [0.15, 0.2) is 0 Å². The first-order valence-corrected chi connectivity index (χ1v) is 9.52. The number of carboxylic acid groups (broad SMARTS) is 1. The number of sulfonamides is 1. The monoisotopic (exact) mass is 338 g/mol. The predicted octanol–water partition coefficient (Wildman–Crippen LogP) is 1.61. The van der Waals surface area contributed by atoms with Crippen molar-refractivity contribution in [1.29, 1.82) is 0 Å². The molecule has 3 atom stereocenters. The number of piperidine rings is 1. The first kappa shape index (κ1) is 16.3. The molecule has 0 amide bonds. The molecule has 1 saturated heterocycles. The highest BCUT2D eigenvalue weighted by molar-refractivity contribution is 7.93. The summed E-state index contributed by atoms with van der Waals surface area (Å²) in [5.41, 5.74) is 0.581. The Morgan fingerprint density at radius 2 is 2.04 bits per heavy atom. The Bertz CT molecular complexity index is 662. The first-order valence-electron chi connectivity index (χ1n) is 7.97. The lowest BCUT2D eigenvalue weighted by Gasteiger charge is -2.32. The van der Waals surface area contributed by atoms with E-state index in [1.807, 2.05) is 6.07 Å². The van der Waals surface area contributed by atoms with Crippen molar-refractivity contribution in [3.63, 3.8) is 0 Å². The molecule has 1 aliphatic carbocycles.